The van der Waals surface area contributed by atoms with Crippen molar-refractivity contribution in [3.8, 4) is 5.75 Å². The largest absolute Gasteiger partial charge is 0.462 e. The molecule has 7 heteroatoms. The zero-order valence-corrected chi connectivity index (χ0v) is 21.2. The third-order valence-electron chi connectivity index (χ3n) is 6.64. The molecule has 1 aliphatic heterocycles. The first-order valence-corrected chi connectivity index (χ1v) is 12.7. The van der Waals surface area contributed by atoms with Gasteiger partial charge in [-0.2, -0.15) is 0 Å². The smallest absolute Gasteiger partial charge is 0.343 e. The number of hydrogen-bond donors (Lipinski definition) is 1. The minimum Gasteiger partial charge on any atom is -0.462 e. The van der Waals surface area contributed by atoms with Crippen LogP contribution in [0, 0.1) is 5.92 Å². The quantitative estimate of drug-likeness (QED) is 0.205. The van der Waals surface area contributed by atoms with E-state index in [4.69, 9.17) is 32.7 Å². The zero-order chi connectivity index (χ0) is 25.2. The molecule has 1 aliphatic carbocycles. The summed E-state index contributed by atoms with van der Waals surface area (Å²) in [5.41, 5.74) is 3.61. The van der Waals surface area contributed by atoms with Crippen LogP contribution in [0.3, 0.4) is 0 Å². The third-order valence-corrected chi connectivity index (χ3v) is 7.21. The Morgan fingerprint density at radius 3 is 2.64 bits per heavy atom. The molecule has 0 saturated carbocycles. The van der Waals surface area contributed by atoms with E-state index in [1.807, 2.05) is 31.2 Å². The van der Waals surface area contributed by atoms with Crippen LogP contribution < -0.4 is 10.1 Å². The lowest BCUT2D eigenvalue weighted by atomic mass is 9.76. The maximum Gasteiger partial charge on any atom is 0.343 e. The van der Waals surface area contributed by atoms with Crippen LogP contribution >= 0.6 is 23.2 Å². The minimum atomic E-state index is -0.532. The highest BCUT2D eigenvalue weighted by molar-refractivity contribution is 6.35. The van der Waals surface area contributed by atoms with Gasteiger partial charge < -0.3 is 14.8 Å². The number of fused-ring (bicyclic) bond motifs is 3. The highest BCUT2D eigenvalue weighted by Crippen LogP contribution is 2.51. The molecule has 0 radical (unpaired) electrons. The van der Waals surface area contributed by atoms with E-state index in [-0.39, 0.29) is 29.2 Å². The molecule has 3 aromatic rings. The Labute approximate surface area is 220 Å². The van der Waals surface area contributed by atoms with Crippen LogP contribution in [0.4, 0.5) is 5.69 Å². The van der Waals surface area contributed by atoms with Gasteiger partial charge in [0.2, 0.25) is 0 Å². The van der Waals surface area contributed by atoms with Crippen molar-refractivity contribution in [1.82, 2.24) is 0 Å². The summed E-state index contributed by atoms with van der Waals surface area (Å²) in [5, 5.41) is 4.85. The molecule has 3 aromatic carbocycles. The lowest BCUT2D eigenvalue weighted by Gasteiger charge is -2.38. The van der Waals surface area contributed by atoms with E-state index in [1.165, 1.54) is 0 Å². The molecule has 0 fully saturated rings. The summed E-state index contributed by atoms with van der Waals surface area (Å²) >= 11 is 12.7. The Hall–Kier alpha value is -3.28. The molecule has 1 N–H and O–H groups in total. The normalized spacial score (nSPS) is 19.7. The molecule has 5 rings (SSSR count). The number of carbonyl (C=O) groups excluding carboxylic acids is 2. The van der Waals surface area contributed by atoms with Crippen molar-refractivity contribution in [3.05, 3.63) is 105 Å². The Morgan fingerprint density at radius 1 is 1.00 bits per heavy atom. The number of ether oxygens (including phenoxy) is 2. The van der Waals surface area contributed by atoms with Gasteiger partial charge in [-0.3, -0.25) is 0 Å². The van der Waals surface area contributed by atoms with Gasteiger partial charge in [0, 0.05) is 21.7 Å². The summed E-state index contributed by atoms with van der Waals surface area (Å²) in [6.45, 7) is 2.22. The van der Waals surface area contributed by atoms with E-state index in [0.717, 1.165) is 23.2 Å². The number of esters is 2. The number of allylic oxidation sites excluding steroid dienone is 2. The Morgan fingerprint density at radius 2 is 1.83 bits per heavy atom. The van der Waals surface area contributed by atoms with Gasteiger partial charge in [0.15, 0.2) is 0 Å². The Kier molecular flexibility index (Phi) is 7.04. The average molecular weight is 522 g/mol. The second-order valence-electron chi connectivity index (χ2n) is 8.96. The molecule has 0 bridgehead atoms. The molecule has 0 unspecified atom stereocenters. The third kappa shape index (κ3) is 4.73. The maximum absolute atomic E-state index is 13.1. The maximum atomic E-state index is 13.1. The van der Waals surface area contributed by atoms with Gasteiger partial charge in [0.05, 0.1) is 18.2 Å². The van der Waals surface area contributed by atoms with Gasteiger partial charge in [0.1, 0.15) is 11.3 Å². The number of anilines is 1. The van der Waals surface area contributed by atoms with Gasteiger partial charge in [-0.1, -0.05) is 60.5 Å². The van der Waals surface area contributed by atoms with E-state index >= 15 is 0 Å². The van der Waals surface area contributed by atoms with Gasteiger partial charge >= 0.3 is 11.9 Å². The summed E-state index contributed by atoms with van der Waals surface area (Å²) in [4.78, 5) is 25.5. The Bertz CT molecular complexity index is 1350. The molecule has 1 heterocycles. The molecule has 0 spiro atoms. The molecule has 0 aromatic heterocycles. The van der Waals surface area contributed by atoms with Crippen molar-refractivity contribution in [2.24, 2.45) is 5.92 Å². The number of para-hydroxylation sites is 1. The molecule has 3 atom stereocenters. The van der Waals surface area contributed by atoms with Gasteiger partial charge in [-0.15, -0.1) is 0 Å². The van der Waals surface area contributed by atoms with E-state index in [2.05, 4.69) is 17.5 Å². The minimum absolute atomic E-state index is 0.0149. The van der Waals surface area contributed by atoms with Gasteiger partial charge in [-0.05, 0) is 72.4 Å². The summed E-state index contributed by atoms with van der Waals surface area (Å²) < 4.78 is 10.9. The molecule has 2 aliphatic rings. The van der Waals surface area contributed by atoms with E-state index in [1.54, 1.807) is 36.4 Å². The first-order valence-electron chi connectivity index (χ1n) is 12.0. The number of nitrogens with one attached hydrogen (secondary N) is 1. The fourth-order valence-electron chi connectivity index (χ4n) is 4.94. The van der Waals surface area contributed by atoms with E-state index in [9.17, 15) is 9.59 Å². The monoisotopic (exact) mass is 521 g/mol. The number of benzene rings is 3. The van der Waals surface area contributed by atoms with E-state index in [0.29, 0.717) is 28.6 Å². The van der Waals surface area contributed by atoms with Gasteiger partial charge in [-0.25, -0.2) is 9.59 Å². The predicted molar refractivity (Wildman–Crippen MR) is 141 cm³/mol. The standard InChI is InChI=1S/C29H25Cl2NO4/c1-2-14-35-29(34)22-6-3-4-9-26(22)36-28(33)17-10-13-25-23(15-17)19-7-5-8-20(19)27(32-25)21-12-11-18(30)16-24(21)31/h3-7,9-13,15-16,19-20,27,32H,2,8,14H2,1H3/t19-,20+,27-/m1/s1. The zero-order valence-electron chi connectivity index (χ0n) is 19.7. The van der Waals surface area contributed by atoms with Crippen molar-refractivity contribution >= 4 is 40.8 Å². The van der Waals surface area contributed by atoms with Crippen LogP contribution in [0.15, 0.2) is 72.8 Å². The first-order chi connectivity index (χ1) is 17.5. The molecule has 36 heavy (non-hydrogen) atoms. The van der Waals surface area contributed by atoms with Crippen LogP contribution in [-0.2, 0) is 4.74 Å². The predicted octanol–water partition coefficient (Wildman–Crippen LogP) is 7.61. The molecular weight excluding hydrogens is 497 g/mol. The van der Waals surface area contributed by atoms with Crippen LogP contribution in [0.5, 0.6) is 5.75 Å². The summed E-state index contributed by atoms with van der Waals surface area (Å²) in [6, 6.07) is 17.7. The topological polar surface area (TPSA) is 64.6 Å². The van der Waals surface area contributed by atoms with Crippen molar-refractivity contribution in [2.45, 2.75) is 31.7 Å². The van der Waals surface area contributed by atoms with Gasteiger partial charge in [0.25, 0.3) is 0 Å². The first kappa shape index (κ1) is 24.4. The number of halogens is 2. The van der Waals surface area contributed by atoms with Crippen molar-refractivity contribution in [1.29, 1.82) is 0 Å². The second kappa shape index (κ2) is 10.4. The van der Waals surface area contributed by atoms with E-state index < -0.39 is 11.9 Å². The van der Waals surface area contributed by atoms with Crippen LogP contribution in [0.1, 0.15) is 63.6 Å². The average Bonchev–Trinajstić information content (AvgIpc) is 3.37. The van der Waals surface area contributed by atoms with Crippen molar-refractivity contribution in [3.63, 3.8) is 0 Å². The van der Waals surface area contributed by atoms with Crippen LogP contribution in [0.2, 0.25) is 10.0 Å². The molecular formula is C29H25Cl2NO4. The molecule has 5 nitrogen and oxygen atoms in total. The molecule has 184 valence electrons. The lowest BCUT2D eigenvalue weighted by Crippen LogP contribution is -2.29. The summed E-state index contributed by atoms with van der Waals surface area (Å²) in [5.74, 6) is -0.496. The molecule has 0 saturated heterocycles. The SMILES string of the molecule is CCCOC(=O)c1ccccc1OC(=O)c1ccc2c(c1)[C@@H]1C=CC[C@@H]1[C@H](c1ccc(Cl)cc1Cl)N2. The van der Waals surface area contributed by atoms with Crippen molar-refractivity contribution in [2.75, 3.05) is 11.9 Å². The highest BCUT2D eigenvalue weighted by atomic mass is 35.5. The molecule has 0 amide bonds. The fourth-order valence-corrected chi connectivity index (χ4v) is 5.46. The summed E-state index contributed by atoms with van der Waals surface area (Å²) in [6.07, 6.45) is 5.96. The van der Waals surface area contributed by atoms with Crippen molar-refractivity contribution < 1.29 is 19.1 Å². The second-order valence-corrected chi connectivity index (χ2v) is 9.81. The fraction of sp³-hybridized carbons (Fsp3) is 0.241. The number of hydrogen-bond acceptors (Lipinski definition) is 5. The highest BCUT2D eigenvalue weighted by Gasteiger charge is 2.39. The number of carbonyl (C=O) groups is 2. The van der Waals surface area contributed by atoms with Crippen LogP contribution in [-0.4, -0.2) is 18.5 Å². The van der Waals surface area contributed by atoms with Crippen LogP contribution in [0.25, 0.3) is 0 Å². The number of rotatable bonds is 6. The lowest BCUT2D eigenvalue weighted by molar-refractivity contribution is 0.0499. The summed E-state index contributed by atoms with van der Waals surface area (Å²) in [7, 11) is 0. The Balaban J connectivity index is 1.41.